The van der Waals surface area contributed by atoms with E-state index in [1.807, 2.05) is 18.2 Å². The molecule has 0 saturated carbocycles. The predicted molar refractivity (Wildman–Crippen MR) is 124 cm³/mol. The third kappa shape index (κ3) is 4.77. The number of aromatic nitrogens is 2. The molecule has 7 nitrogen and oxygen atoms in total. The molecule has 162 valence electrons. The van der Waals surface area contributed by atoms with Crippen LogP contribution in [-0.4, -0.2) is 18.2 Å². The highest BCUT2D eigenvalue weighted by atomic mass is 35.5. The number of halogens is 2. The van der Waals surface area contributed by atoms with Gasteiger partial charge in [0.2, 0.25) is 0 Å². The normalized spacial score (nSPS) is 11.2. The molecule has 0 unspecified atom stereocenters. The molecule has 10 heteroatoms. The standard InChI is InChI=1S/C22H15Cl2N3O4S/c23-20-14-25-27(22(28)21(20)24)16-9-11-19(12-10-16)32(29,30)26-15-5-4-8-18(13-15)31-17-6-2-1-3-7-17/h1-14,26H. The summed E-state index contributed by atoms with van der Waals surface area (Å²) in [6.45, 7) is 0. The molecular formula is C22H15Cl2N3O4S. The summed E-state index contributed by atoms with van der Waals surface area (Å²) >= 11 is 11.7. The van der Waals surface area contributed by atoms with E-state index >= 15 is 0 Å². The van der Waals surface area contributed by atoms with Crippen LogP contribution >= 0.6 is 23.2 Å². The van der Waals surface area contributed by atoms with Crippen molar-refractivity contribution in [3.05, 3.63) is 105 Å². The van der Waals surface area contributed by atoms with Gasteiger partial charge in [0.25, 0.3) is 15.6 Å². The molecule has 0 fully saturated rings. The Morgan fingerprint density at radius 2 is 1.56 bits per heavy atom. The number of anilines is 1. The SMILES string of the molecule is O=c1c(Cl)c(Cl)cnn1-c1ccc(S(=O)(=O)Nc2cccc(Oc3ccccc3)c2)cc1. The summed E-state index contributed by atoms with van der Waals surface area (Å²) < 4.78 is 34.9. The van der Waals surface area contributed by atoms with E-state index in [4.69, 9.17) is 27.9 Å². The molecule has 0 spiro atoms. The third-order valence-corrected chi connectivity index (χ3v) is 6.48. The smallest absolute Gasteiger partial charge is 0.291 e. The number of benzene rings is 3. The van der Waals surface area contributed by atoms with Gasteiger partial charge in [-0.15, -0.1) is 0 Å². The van der Waals surface area contributed by atoms with Gasteiger partial charge in [-0.25, -0.2) is 8.42 Å². The minimum atomic E-state index is -3.89. The van der Waals surface area contributed by atoms with Gasteiger partial charge in [0.1, 0.15) is 16.5 Å². The molecular weight excluding hydrogens is 473 g/mol. The zero-order chi connectivity index (χ0) is 22.7. The van der Waals surface area contributed by atoms with Crippen molar-refractivity contribution >= 4 is 38.9 Å². The van der Waals surface area contributed by atoms with Crippen LogP contribution in [0.4, 0.5) is 5.69 Å². The Morgan fingerprint density at radius 3 is 2.28 bits per heavy atom. The highest BCUT2D eigenvalue weighted by Crippen LogP contribution is 2.25. The Balaban J connectivity index is 1.55. The first-order valence-electron chi connectivity index (χ1n) is 9.23. The highest BCUT2D eigenvalue weighted by molar-refractivity contribution is 7.92. The molecule has 0 atom stereocenters. The molecule has 1 heterocycles. The van der Waals surface area contributed by atoms with Crippen molar-refractivity contribution in [3.63, 3.8) is 0 Å². The van der Waals surface area contributed by atoms with Crippen LogP contribution < -0.4 is 15.0 Å². The van der Waals surface area contributed by atoms with E-state index in [9.17, 15) is 13.2 Å². The van der Waals surface area contributed by atoms with Crippen molar-refractivity contribution in [2.24, 2.45) is 0 Å². The maximum atomic E-state index is 12.8. The summed E-state index contributed by atoms with van der Waals surface area (Å²) in [6.07, 6.45) is 1.24. The Hall–Kier alpha value is -3.33. The molecule has 0 bridgehead atoms. The van der Waals surface area contributed by atoms with Crippen LogP contribution in [0.1, 0.15) is 0 Å². The zero-order valence-electron chi connectivity index (χ0n) is 16.3. The van der Waals surface area contributed by atoms with Crippen LogP contribution in [-0.2, 0) is 10.0 Å². The highest BCUT2D eigenvalue weighted by Gasteiger charge is 2.16. The third-order valence-electron chi connectivity index (χ3n) is 4.33. The summed E-state index contributed by atoms with van der Waals surface area (Å²) in [5, 5.41) is 3.79. The second-order valence-electron chi connectivity index (χ2n) is 6.57. The van der Waals surface area contributed by atoms with E-state index in [1.54, 1.807) is 36.4 Å². The first kappa shape index (κ1) is 21.9. The molecule has 0 amide bonds. The lowest BCUT2D eigenvalue weighted by Crippen LogP contribution is -2.21. The molecule has 0 aliphatic carbocycles. The van der Waals surface area contributed by atoms with Gasteiger partial charge in [-0.05, 0) is 48.5 Å². The van der Waals surface area contributed by atoms with Crippen molar-refractivity contribution < 1.29 is 13.2 Å². The van der Waals surface area contributed by atoms with E-state index < -0.39 is 15.6 Å². The average Bonchev–Trinajstić information content (AvgIpc) is 2.78. The summed E-state index contributed by atoms with van der Waals surface area (Å²) in [5.41, 5.74) is 0.0683. The van der Waals surface area contributed by atoms with Crippen LogP contribution in [0.2, 0.25) is 10.0 Å². The maximum absolute atomic E-state index is 12.8. The maximum Gasteiger partial charge on any atom is 0.291 e. The number of sulfonamides is 1. The molecule has 4 aromatic rings. The van der Waals surface area contributed by atoms with E-state index in [0.717, 1.165) is 4.68 Å². The van der Waals surface area contributed by atoms with Crippen molar-refractivity contribution in [2.45, 2.75) is 4.90 Å². The summed E-state index contributed by atoms with van der Waals surface area (Å²) in [7, 11) is -3.89. The van der Waals surface area contributed by atoms with Crippen molar-refractivity contribution in [3.8, 4) is 17.2 Å². The number of nitrogens with zero attached hydrogens (tertiary/aromatic N) is 2. The number of rotatable bonds is 6. The fourth-order valence-corrected chi connectivity index (χ4v) is 4.13. The van der Waals surface area contributed by atoms with Gasteiger partial charge in [0.15, 0.2) is 0 Å². The second kappa shape index (κ2) is 9.04. The monoisotopic (exact) mass is 487 g/mol. The molecule has 0 saturated heterocycles. The lowest BCUT2D eigenvalue weighted by molar-refractivity contribution is 0.483. The van der Waals surface area contributed by atoms with Crippen molar-refractivity contribution in [1.82, 2.24) is 9.78 Å². The number of ether oxygens (including phenoxy) is 1. The molecule has 32 heavy (non-hydrogen) atoms. The molecule has 1 aromatic heterocycles. The largest absolute Gasteiger partial charge is 0.457 e. The zero-order valence-corrected chi connectivity index (χ0v) is 18.6. The Kier molecular flexibility index (Phi) is 6.18. The Labute approximate surface area is 193 Å². The Bertz CT molecular complexity index is 1420. The number of hydrogen-bond donors (Lipinski definition) is 1. The van der Waals surface area contributed by atoms with Gasteiger partial charge in [0.05, 0.1) is 27.5 Å². The lowest BCUT2D eigenvalue weighted by Gasteiger charge is -2.11. The van der Waals surface area contributed by atoms with Gasteiger partial charge >= 0.3 is 0 Å². The van der Waals surface area contributed by atoms with Gasteiger partial charge in [-0.2, -0.15) is 9.78 Å². The van der Waals surface area contributed by atoms with Crippen LogP contribution in [0.3, 0.4) is 0 Å². The first-order valence-corrected chi connectivity index (χ1v) is 11.5. The van der Waals surface area contributed by atoms with Crippen molar-refractivity contribution in [1.29, 1.82) is 0 Å². The van der Waals surface area contributed by atoms with Crippen LogP contribution in [0, 0.1) is 0 Å². The molecule has 4 rings (SSSR count). The summed E-state index contributed by atoms with van der Waals surface area (Å²) in [5.74, 6) is 1.12. The van der Waals surface area contributed by atoms with E-state index in [1.165, 1.54) is 30.5 Å². The molecule has 3 aromatic carbocycles. The predicted octanol–water partition coefficient (Wildman–Crippen LogP) is 5.13. The fraction of sp³-hybridized carbons (Fsp3) is 0. The molecule has 0 radical (unpaired) electrons. The van der Waals surface area contributed by atoms with Gasteiger partial charge in [-0.3, -0.25) is 9.52 Å². The lowest BCUT2D eigenvalue weighted by atomic mass is 10.3. The van der Waals surface area contributed by atoms with E-state index in [2.05, 4.69) is 9.82 Å². The molecule has 0 aliphatic rings. The quantitative estimate of drug-likeness (QED) is 0.406. The van der Waals surface area contributed by atoms with Crippen LogP contribution in [0.25, 0.3) is 5.69 Å². The topological polar surface area (TPSA) is 90.3 Å². The minimum Gasteiger partial charge on any atom is -0.457 e. The van der Waals surface area contributed by atoms with Gasteiger partial charge in [0, 0.05) is 6.07 Å². The minimum absolute atomic E-state index is 0.00346. The fourth-order valence-electron chi connectivity index (χ4n) is 2.82. The molecule has 0 aliphatic heterocycles. The summed E-state index contributed by atoms with van der Waals surface area (Å²) in [4.78, 5) is 12.2. The van der Waals surface area contributed by atoms with Gasteiger partial charge < -0.3 is 4.74 Å². The van der Waals surface area contributed by atoms with E-state index in [-0.39, 0.29) is 14.9 Å². The van der Waals surface area contributed by atoms with Crippen molar-refractivity contribution in [2.75, 3.05) is 4.72 Å². The number of hydrogen-bond acceptors (Lipinski definition) is 5. The average molecular weight is 488 g/mol. The van der Waals surface area contributed by atoms with Crippen LogP contribution in [0.5, 0.6) is 11.5 Å². The van der Waals surface area contributed by atoms with E-state index in [0.29, 0.717) is 22.9 Å². The second-order valence-corrected chi connectivity index (χ2v) is 9.03. The Morgan fingerprint density at radius 1 is 0.875 bits per heavy atom. The van der Waals surface area contributed by atoms with Gasteiger partial charge in [-0.1, -0.05) is 47.5 Å². The molecule has 1 N–H and O–H groups in total. The number of para-hydroxylation sites is 1. The summed E-state index contributed by atoms with van der Waals surface area (Å²) in [6, 6.07) is 21.4. The number of nitrogens with one attached hydrogen (secondary N) is 1. The first-order chi connectivity index (χ1) is 15.3. The van der Waals surface area contributed by atoms with Crippen LogP contribution in [0.15, 0.2) is 94.7 Å².